The molecule has 0 aliphatic rings. The van der Waals surface area contributed by atoms with E-state index in [1.54, 1.807) is 26.8 Å². The Morgan fingerprint density at radius 2 is 1.85 bits per heavy atom. The quantitative estimate of drug-likeness (QED) is 0.631. The number of Topliss-reactive ketones (excluding diaryl/α,β-unsaturated/α-hetero) is 1. The van der Waals surface area contributed by atoms with Crippen LogP contribution >= 0.6 is 0 Å². The van der Waals surface area contributed by atoms with Crippen LogP contribution in [0.4, 0.5) is 10.1 Å². The second-order valence-electron chi connectivity index (χ2n) is 6.18. The lowest BCUT2D eigenvalue weighted by Gasteiger charge is -2.14. The van der Waals surface area contributed by atoms with Crippen LogP contribution in [-0.2, 0) is 9.53 Å². The highest BCUT2D eigenvalue weighted by molar-refractivity contribution is 6.02. The van der Waals surface area contributed by atoms with Crippen molar-refractivity contribution in [2.24, 2.45) is 0 Å². The number of ketones is 1. The minimum Gasteiger partial charge on any atom is -0.448 e. The number of nitrogens with one attached hydrogen (secondary N) is 2. The minimum atomic E-state index is -1.10. The Morgan fingerprint density at radius 3 is 2.38 bits per heavy atom. The lowest BCUT2D eigenvalue weighted by Crippen LogP contribution is -2.30. The third-order valence-corrected chi connectivity index (χ3v) is 4.09. The van der Waals surface area contributed by atoms with Crippen molar-refractivity contribution in [2.45, 2.75) is 40.7 Å². The molecule has 1 heterocycles. The Bertz CT molecular complexity index is 886. The van der Waals surface area contributed by atoms with Crippen LogP contribution in [0.15, 0.2) is 18.2 Å². The smallest absolute Gasteiger partial charge is 0.355 e. The summed E-state index contributed by atoms with van der Waals surface area (Å²) in [5.41, 5.74) is 2.34. The molecule has 0 saturated heterocycles. The first-order chi connectivity index (χ1) is 12.1. The molecule has 26 heavy (non-hydrogen) atoms. The number of aromatic nitrogens is 1. The van der Waals surface area contributed by atoms with Crippen LogP contribution in [0.2, 0.25) is 0 Å². The number of H-pyrrole nitrogens is 1. The zero-order valence-corrected chi connectivity index (χ0v) is 15.3. The maximum atomic E-state index is 13.5. The van der Waals surface area contributed by atoms with Gasteiger partial charge in [0, 0.05) is 16.9 Å². The van der Waals surface area contributed by atoms with Crippen molar-refractivity contribution >= 4 is 23.3 Å². The highest BCUT2D eigenvalue weighted by Gasteiger charge is 2.24. The number of rotatable bonds is 5. The van der Waals surface area contributed by atoms with Gasteiger partial charge in [0.05, 0.1) is 0 Å². The van der Waals surface area contributed by atoms with Gasteiger partial charge in [-0.3, -0.25) is 9.59 Å². The van der Waals surface area contributed by atoms with Gasteiger partial charge in [-0.1, -0.05) is 6.07 Å². The number of benzene rings is 1. The fraction of sp³-hybridized carbons (Fsp3) is 0.316. The number of aryl methyl sites for hydroxylation is 2. The minimum absolute atomic E-state index is 0.133. The number of hydrogen-bond acceptors (Lipinski definition) is 4. The number of esters is 1. The van der Waals surface area contributed by atoms with E-state index in [1.165, 1.54) is 26.0 Å². The van der Waals surface area contributed by atoms with Crippen LogP contribution < -0.4 is 5.32 Å². The molecule has 1 amide bonds. The van der Waals surface area contributed by atoms with Gasteiger partial charge in [-0.15, -0.1) is 0 Å². The molecule has 0 unspecified atom stereocenters. The molecule has 2 rings (SSSR count). The molecule has 0 radical (unpaired) electrons. The van der Waals surface area contributed by atoms with Crippen molar-refractivity contribution in [2.75, 3.05) is 5.32 Å². The third-order valence-electron chi connectivity index (χ3n) is 4.09. The Labute approximate surface area is 150 Å². The number of hydrogen-bond donors (Lipinski definition) is 2. The Hall–Kier alpha value is -2.96. The summed E-state index contributed by atoms with van der Waals surface area (Å²) >= 11 is 0. The summed E-state index contributed by atoms with van der Waals surface area (Å²) in [7, 11) is 0. The van der Waals surface area contributed by atoms with Gasteiger partial charge >= 0.3 is 5.97 Å². The predicted molar refractivity (Wildman–Crippen MR) is 94.9 cm³/mol. The second kappa shape index (κ2) is 7.51. The summed E-state index contributed by atoms with van der Waals surface area (Å²) in [6.07, 6.45) is -1.10. The van der Waals surface area contributed by atoms with Crippen molar-refractivity contribution in [3.63, 3.8) is 0 Å². The van der Waals surface area contributed by atoms with Gasteiger partial charge in [0.15, 0.2) is 11.9 Å². The van der Waals surface area contributed by atoms with E-state index in [-0.39, 0.29) is 17.2 Å². The monoisotopic (exact) mass is 360 g/mol. The van der Waals surface area contributed by atoms with E-state index >= 15 is 0 Å². The van der Waals surface area contributed by atoms with E-state index < -0.39 is 23.8 Å². The first kappa shape index (κ1) is 19.4. The molecule has 2 N–H and O–H groups in total. The number of carbonyl (C=O) groups is 3. The van der Waals surface area contributed by atoms with Crippen molar-refractivity contribution in [1.82, 2.24) is 4.98 Å². The third kappa shape index (κ3) is 3.99. The van der Waals surface area contributed by atoms with E-state index in [0.717, 1.165) is 0 Å². The first-order valence-corrected chi connectivity index (χ1v) is 8.10. The van der Waals surface area contributed by atoms with E-state index in [1.807, 2.05) is 0 Å². The number of anilines is 1. The van der Waals surface area contributed by atoms with Gasteiger partial charge in [0.2, 0.25) is 0 Å². The van der Waals surface area contributed by atoms with Gasteiger partial charge in [-0.25, -0.2) is 9.18 Å². The number of carbonyl (C=O) groups excluding carboxylic acids is 3. The van der Waals surface area contributed by atoms with E-state index in [4.69, 9.17) is 4.74 Å². The molecule has 0 saturated carbocycles. The highest BCUT2D eigenvalue weighted by Crippen LogP contribution is 2.20. The molecule has 7 heteroatoms. The first-order valence-electron chi connectivity index (χ1n) is 8.10. The number of aromatic amines is 1. The Balaban J connectivity index is 2.09. The van der Waals surface area contributed by atoms with Crippen LogP contribution in [0, 0.1) is 26.6 Å². The molecule has 0 fully saturated rings. The summed E-state index contributed by atoms with van der Waals surface area (Å²) < 4.78 is 18.7. The normalized spacial score (nSPS) is 11.8. The van der Waals surface area contributed by atoms with Gasteiger partial charge in [-0.05, 0) is 57.9 Å². The standard InChI is InChI=1S/C19H21FN2O4/c1-9-6-7-14(8-15(9)20)22-18(24)13(5)26-19(25)17-10(2)16(12(4)23)11(3)21-17/h6-8,13,21H,1-5H3,(H,22,24)/t13-/m0/s1. The zero-order valence-electron chi connectivity index (χ0n) is 15.3. The van der Waals surface area contributed by atoms with Crippen molar-refractivity contribution in [3.05, 3.63) is 52.1 Å². The van der Waals surface area contributed by atoms with E-state index in [9.17, 15) is 18.8 Å². The van der Waals surface area contributed by atoms with Crippen LogP contribution in [0.25, 0.3) is 0 Å². The molecule has 6 nitrogen and oxygen atoms in total. The number of amides is 1. The SMILES string of the molecule is CC(=O)c1c(C)[nH]c(C(=O)O[C@@H](C)C(=O)Nc2ccc(C)c(F)c2)c1C. The molecule has 0 aliphatic carbocycles. The molecule has 138 valence electrons. The molecule has 0 aliphatic heterocycles. The van der Waals surface area contributed by atoms with Crippen LogP contribution in [0.5, 0.6) is 0 Å². The Kier molecular flexibility index (Phi) is 5.59. The van der Waals surface area contributed by atoms with Crippen molar-refractivity contribution in [1.29, 1.82) is 0 Å². The summed E-state index contributed by atoms with van der Waals surface area (Å²) in [5.74, 6) is -1.94. The van der Waals surface area contributed by atoms with Crippen LogP contribution in [0.1, 0.15) is 51.5 Å². The van der Waals surface area contributed by atoms with Crippen molar-refractivity contribution in [3.8, 4) is 0 Å². The fourth-order valence-corrected chi connectivity index (χ4v) is 2.67. The molecular formula is C19H21FN2O4. The zero-order chi connectivity index (χ0) is 19.6. The predicted octanol–water partition coefficient (Wildman–Crippen LogP) is 3.47. The van der Waals surface area contributed by atoms with Gasteiger partial charge in [-0.2, -0.15) is 0 Å². The fourth-order valence-electron chi connectivity index (χ4n) is 2.67. The van der Waals surface area contributed by atoms with Gasteiger partial charge < -0.3 is 15.0 Å². The van der Waals surface area contributed by atoms with Crippen LogP contribution in [0.3, 0.4) is 0 Å². The number of halogens is 1. The average Bonchev–Trinajstić information content (AvgIpc) is 2.85. The lowest BCUT2D eigenvalue weighted by molar-refractivity contribution is -0.123. The largest absolute Gasteiger partial charge is 0.448 e. The van der Waals surface area contributed by atoms with Crippen LogP contribution in [-0.4, -0.2) is 28.7 Å². The lowest BCUT2D eigenvalue weighted by atomic mass is 10.1. The van der Waals surface area contributed by atoms with Crippen molar-refractivity contribution < 1.29 is 23.5 Å². The highest BCUT2D eigenvalue weighted by atomic mass is 19.1. The molecule has 1 aromatic heterocycles. The maximum absolute atomic E-state index is 13.5. The topological polar surface area (TPSA) is 88.3 Å². The summed E-state index contributed by atoms with van der Waals surface area (Å²) in [4.78, 5) is 38.9. The van der Waals surface area contributed by atoms with Gasteiger partial charge in [0.1, 0.15) is 11.5 Å². The second-order valence-corrected chi connectivity index (χ2v) is 6.18. The molecular weight excluding hydrogens is 339 g/mol. The molecule has 0 bridgehead atoms. The molecule has 2 aromatic rings. The molecule has 1 aromatic carbocycles. The van der Waals surface area contributed by atoms with E-state index in [0.29, 0.717) is 22.4 Å². The number of ether oxygens (including phenoxy) is 1. The molecule has 0 spiro atoms. The van der Waals surface area contributed by atoms with E-state index in [2.05, 4.69) is 10.3 Å². The van der Waals surface area contributed by atoms with Gasteiger partial charge in [0.25, 0.3) is 5.91 Å². The summed E-state index contributed by atoms with van der Waals surface area (Å²) in [5, 5.41) is 2.50. The summed E-state index contributed by atoms with van der Waals surface area (Å²) in [6.45, 7) is 7.75. The summed E-state index contributed by atoms with van der Waals surface area (Å²) in [6, 6.07) is 4.29. The average molecular weight is 360 g/mol. The maximum Gasteiger partial charge on any atom is 0.355 e. The molecule has 1 atom stereocenters. The Morgan fingerprint density at radius 1 is 1.19 bits per heavy atom.